The molecule has 0 bridgehead atoms. The summed E-state index contributed by atoms with van der Waals surface area (Å²) >= 11 is 1.20. The van der Waals surface area contributed by atoms with Crippen LogP contribution in [0.4, 0.5) is 5.13 Å². The molecular weight excluding hydrogens is 366 g/mol. The standard InChI is InChI=1S/C14H19N5O4S2/c1-4-19(5-2)25(22,23)11-6-7-13(21)18(8-11)9-12(20)15-14-17-16-10(3)24-14/h6-8H,4-5,9H2,1-3H3,(H,15,17,20). The second-order valence-electron chi connectivity index (χ2n) is 5.09. The summed E-state index contributed by atoms with van der Waals surface area (Å²) in [6.07, 6.45) is 1.18. The molecule has 136 valence electrons. The maximum Gasteiger partial charge on any atom is 0.251 e. The van der Waals surface area contributed by atoms with Gasteiger partial charge in [0.15, 0.2) is 0 Å². The van der Waals surface area contributed by atoms with Crippen LogP contribution in [0.3, 0.4) is 0 Å². The molecule has 0 atom stereocenters. The van der Waals surface area contributed by atoms with Gasteiger partial charge in [-0.2, -0.15) is 4.31 Å². The Balaban J connectivity index is 2.24. The highest BCUT2D eigenvalue weighted by atomic mass is 32.2. The first-order valence-electron chi connectivity index (χ1n) is 7.58. The van der Waals surface area contributed by atoms with Gasteiger partial charge in [-0.1, -0.05) is 25.2 Å². The third-order valence-corrected chi connectivity index (χ3v) is 6.17. The molecule has 0 aliphatic heterocycles. The monoisotopic (exact) mass is 385 g/mol. The number of rotatable bonds is 7. The Morgan fingerprint density at radius 3 is 2.52 bits per heavy atom. The van der Waals surface area contributed by atoms with Crippen LogP contribution in [0.25, 0.3) is 0 Å². The van der Waals surface area contributed by atoms with Crippen molar-refractivity contribution in [3.63, 3.8) is 0 Å². The lowest BCUT2D eigenvalue weighted by Gasteiger charge is -2.18. The number of nitrogens with zero attached hydrogens (tertiary/aromatic N) is 4. The fourth-order valence-electron chi connectivity index (χ4n) is 2.16. The third-order valence-electron chi connectivity index (χ3n) is 3.39. The molecule has 11 heteroatoms. The van der Waals surface area contributed by atoms with Crippen molar-refractivity contribution in [3.05, 3.63) is 33.7 Å². The summed E-state index contributed by atoms with van der Waals surface area (Å²) in [7, 11) is -3.71. The molecule has 0 fully saturated rings. The summed E-state index contributed by atoms with van der Waals surface area (Å²) in [6.45, 7) is 5.52. The van der Waals surface area contributed by atoms with Gasteiger partial charge in [-0.05, 0) is 13.0 Å². The first-order chi connectivity index (χ1) is 11.8. The van der Waals surface area contributed by atoms with Gasteiger partial charge in [0.05, 0.1) is 4.90 Å². The maximum absolute atomic E-state index is 12.5. The lowest BCUT2D eigenvalue weighted by molar-refractivity contribution is -0.116. The van der Waals surface area contributed by atoms with Gasteiger partial charge in [-0.15, -0.1) is 10.2 Å². The first kappa shape index (κ1) is 19.2. The van der Waals surface area contributed by atoms with Crippen LogP contribution in [0.5, 0.6) is 0 Å². The van der Waals surface area contributed by atoms with Crippen LogP contribution in [0.2, 0.25) is 0 Å². The van der Waals surface area contributed by atoms with E-state index in [1.807, 2.05) is 0 Å². The van der Waals surface area contributed by atoms with Gasteiger partial charge in [0.2, 0.25) is 21.1 Å². The molecule has 1 N–H and O–H groups in total. The molecule has 0 spiro atoms. The van der Waals surface area contributed by atoms with E-state index in [0.29, 0.717) is 23.2 Å². The summed E-state index contributed by atoms with van der Waals surface area (Å²) in [4.78, 5) is 24.0. The van der Waals surface area contributed by atoms with Crippen molar-refractivity contribution < 1.29 is 13.2 Å². The van der Waals surface area contributed by atoms with Crippen molar-refractivity contribution >= 4 is 32.4 Å². The molecule has 0 aliphatic rings. The third kappa shape index (κ3) is 4.50. The SMILES string of the molecule is CCN(CC)S(=O)(=O)c1ccc(=O)n(CC(=O)Nc2nnc(C)s2)c1. The van der Waals surface area contributed by atoms with Gasteiger partial charge in [-0.25, -0.2) is 8.42 Å². The number of pyridine rings is 1. The van der Waals surface area contributed by atoms with Gasteiger partial charge in [-0.3, -0.25) is 14.9 Å². The normalized spacial score (nSPS) is 11.7. The number of anilines is 1. The quantitative estimate of drug-likeness (QED) is 0.749. The molecule has 9 nitrogen and oxygen atoms in total. The molecule has 25 heavy (non-hydrogen) atoms. The van der Waals surface area contributed by atoms with E-state index in [1.165, 1.54) is 27.9 Å². The maximum atomic E-state index is 12.5. The average Bonchev–Trinajstić information content (AvgIpc) is 2.95. The van der Waals surface area contributed by atoms with Crippen molar-refractivity contribution in [2.24, 2.45) is 0 Å². The number of aromatic nitrogens is 3. The molecule has 2 aromatic rings. The van der Waals surface area contributed by atoms with E-state index in [4.69, 9.17) is 0 Å². The number of nitrogens with one attached hydrogen (secondary N) is 1. The number of sulfonamides is 1. The highest BCUT2D eigenvalue weighted by molar-refractivity contribution is 7.89. The minimum absolute atomic E-state index is 0.0321. The van der Waals surface area contributed by atoms with E-state index in [-0.39, 0.29) is 11.4 Å². The fourth-order valence-corrected chi connectivity index (χ4v) is 4.25. The van der Waals surface area contributed by atoms with Crippen LogP contribution < -0.4 is 10.9 Å². The van der Waals surface area contributed by atoms with E-state index >= 15 is 0 Å². The van der Waals surface area contributed by atoms with Gasteiger partial charge in [0, 0.05) is 25.4 Å². The minimum Gasteiger partial charge on any atom is -0.305 e. The Kier molecular flexibility index (Phi) is 6.03. The fraction of sp³-hybridized carbons (Fsp3) is 0.429. The molecule has 0 saturated heterocycles. The summed E-state index contributed by atoms with van der Waals surface area (Å²) in [5, 5.41) is 11.1. The summed E-state index contributed by atoms with van der Waals surface area (Å²) in [5.74, 6) is -0.490. The van der Waals surface area contributed by atoms with E-state index < -0.39 is 21.5 Å². The number of aryl methyl sites for hydroxylation is 1. The first-order valence-corrected chi connectivity index (χ1v) is 9.84. The van der Waals surface area contributed by atoms with Crippen molar-refractivity contribution in [1.29, 1.82) is 0 Å². The molecular formula is C14H19N5O4S2. The van der Waals surface area contributed by atoms with Crippen LogP contribution in [0.15, 0.2) is 28.0 Å². The molecule has 0 saturated carbocycles. The van der Waals surface area contributed by atoms with E-state index in [1.54, 1.807) is 20.8 Å². The Morgan fingerprint density at radius 1 is 1.28 bits per heavy atom. The zero-order chi connectivity index (χ0) is 18.6. The zero-order valence-electron chi connectivity index (χ0n) is 14.1. The average molecular weight is 385 g/mol. The molecule has 2 heterocycles. The molecule has 1 amide bonds. The van der Waals surface area contributed by atoms with Crippen LogP contribution >= 0.6 is 11.3 Å². The van der Waals surface area contributed by atoms with Gasteiger partial charge in [0.1, 0.15) is 11.6 Å². The second kappa shape index (κ2) is 7.85. The van der Waals surface area contributed by atoms with Gasteiger partial charge >= 0.3 is 0 Å². The van der Waals surface area contributed by atoms with Crippen molar-refractivity contribution in [2.45, 2.75) is 32.2 Å². The molecule has 2 rings (SSSR count). The summed E-state index contributed by atoms with van der Waals surface area (Å²) < 4.78 is 27.4. The molecule has 2 aromatic heterocycles. The Hall–Kier alpha value is -2.11. The number of hydrogen-bond donors (Lipinski definition) is 1. The van der Waals surface area contributed by atoms with E-state index in [9.17, 15) is 18.0 Å². The van der Waals surface area contributed by atoms with Crippen molar-refractivity contribution in [1.82, 2.24) is 19.1 Å². The highest BCUT2D eigenvalue weighted by Gasteiger charge is 2.22. The lowest BCUT2D eigenvalue weighted by Crippen LogP contribution is -2.33. The van der Waals surface area contributed by atoms with Gasteiger partial charge < -0.3 is 4.57 Å². The topological polar surface area (TPSA) is 114 Å². The Morgan fingerprint density at radius 2 is 1.96 bits per heavy atom. The molecule has 0 aromatic carbocycles. The number of carbonyl (C=O) groups is 1. The number of amides is 1. The zero-order valence-corrected chi connectivity index (χ0v) is 15.7. The predicted molar refractivity (Wildman–Crippen MR) is 94.1 cm³/mol. The van der Waals surface area contributed by atoms with Crippen LogP contribution in [0, 0.1) is 6.92 Å². The second-order valence-corrected chi connectivity index (χ2v) is 8.21. The van der Waals surface area contributed by atoms with Crippen LogP contribution in [0.1, 0.15) is 18.9 Å². The van der Waals surface area contributed by atoms with Crippen LogP contribution in [-0.2, 0) is 21.4 Å². The number of carbonyl (C=O) groups excluding carboxylic acids is 1. The smallest absolute Gasteiger partial charge is 0.251 e. The van der Waals surface area contributed by atoms with E-state index in [0.717, 1.165) is 10.6 Å². The molecule has 0 aliphatic carbocycles. The minimum atomic E-state index is -3.71. The largest absolute Gasteiger partial charge is 0.305 e. The Labute approximate surface area is 149 Å². The van der Waals surface area contributed by atoms with Crippen molar-refractivity contribution in [3.8, 4) is 0 Å². The Bertz CT molecular complexity index is 915. The van der Waals surface area contributed by atoms with Crippen molar-refractivity contribution in [2.75, 3.05) is 18.4 Å². The predicted octanol–water partition coefficient (Wildman–Crippen LogP) is 0.677. The highest BCUT2D eigenvalue weighted by Crippen LogP contribution is 2.15. The number of hydrogen-bond acceptors (Lipinski definition) is 7. The summed E-state index contributed by atoms with van der Waals surface area (Å²) in [6, 6.07) is 2.39. The lowest BCUT2D eigenvalue weighted by atomic mass is 10.4. The molecule has 0 unspecified atom stereocenters. The summed E-state index contributed by atoms with van der Waals surface area (Å²) in [5.41, 5.74) is -0.470. The van der Waals surface area contributed by atoms with Crippen LogP contribution in [-0.4, -0.2) is 46.5 Å². The van der Waals surface area contributed by atoms with Gasteiger partial charge in [0.25, 0.3) is 5.56 Å². The molecule has 0 radical (unpaired) electrons. The van der Waals surface area contributed by atoms with E-state index in [2.05, 4.69) is 15.5 Å².